The van der Waals surface area contributed by atoms with Gasteiger partial charge in [0.05, 0.1) is 28.7 Å². The van der Waals surface area contributed by atoms with Gasteiger partial charge >= 0.3 is 5.97 Å². The molecule has 6 nitrogen and oxygen atoms in total. The maximum atomic E-state index is 14.0. The van der Waals surface area contributed by atoms with Crippen molar-refractivity contribution in [1.29, 1.82) is 0 Å². The molecular weight excluding hydrogens is 474 g/mol. The van der Waals surface area contributed by atoms with Crippen LogP contribution in [0.5, 0.6) is 5.75 Å². The Morgan fingerprint density at radius 3 is 2.36 bits per heavy atom. The van der Waals surface area contributed by atoms with E-state index in [1.165, 1.54) is 0 Å². The molecule has 0 saturated heterocycles. The SMILES string of the molecule is CCCCC1(CCCC)CN(c2ccccc2)c2cc(C3CC3)c(O/C=C/C(=O)O)cc2S(=O)(=O)C1. The maximum Gasteiger partial charge on any atom is 0.331 e. The molecule has 1 saturated carbocycles. The van der Waals surface area contributed by atoms with Gasteiger partial charge in [0, 0.05) is 23.7 Å². The molecule has 0 unspecified atom stereocenters. The van der Waals surface area contributed by atoms with Crippen molar-refractivity contribution in [2.75, 3.05) is 17.2 Å². The predicted molar refractivity (Wildman–Crippen MR) is 143 cm³/mol. The maximum absolute atomic E-state index is 14.0. The molecule has 194 valence electrons. The summed E-state index contributed by atoms with van der Waals surface area (Å²) in [4.78, 5) is 13.4. The van der Waals surface area contributed by atoms with E-state index in [2.05, 4.69) is 18.7 Å². The molecule has 0 aromatic heterocycles. The molecule has 2 aliphatic rings. The summed E-state index contributed by atoms with van der Waals surface area (Å²) in [7, 11) is -3.64. The van der Waals surface area contributed by atoms with Gasteiger partial charge in [0.1, 0.15) is 5.75 Å². The fraction of sp³-hybridized carbons (Fsp3) is 0.483. The third-order valence-corrected chi connectivity index (χ3v) is 9.31. The Bertz CT molecular complexity index is 1190. The summed E-state index contributed by atoms with van der Waals surface area (Å²) < 4.78 is 33.8. The fourth-order valence-corrected chi connectivity index (χ4v) is 7.44. The van der Waals surface area contributed by atoms with Gasteiger partial charge in [-0.25, -0.2) is 13.2 Å². The van der Waals surface area contributed by atoms with Crippen LogP contribution in [0.1, 0.15) is 76.7 Å². The molecule has 4 rings (SSSR count). The molecule has 7 heteroatoms. The molecule has 1 heterocycles. The number of carboxylic acids is 1. The van der Waals surface area contributed by atoms with E-state index in [9.17, 15) is 13.2 Å². The Balaban J connectivity index is 1.90. The van der Waals surface area contributed by atoms with Gasteiger partial charge in [-0.15, -0.1) is 0 Å². The molecule has 1 N–H and O–H groups in total. The number of rotatable bonds is 11. The molecule has 0 spiro atoms. The molecule has 0 amide bonds. The van der Waals surface area contributed by atoms with E-state index in [-0.39, 0.29) is 22.0 Å². The highest BCUT2D eigenvalue weighted by Crippen LogP contribution is 2.51. The standard InChI is InChI=1S/C29H37NO5S/c1-3-5-15-29(16-6-4-2)20-30(23-10-8-7-9-11-23)25-18-24(22-12-13-22)26(35-17-14-28(31)32)19-27(25)36(33,34)21-29/h7-11,14,17-19,22H,3-6,12-13,15-16,20-21H2,1-2H3,(H,31,32)/b17-14+. The van der Waals surface area contributed by atoms with Gasteiger partial charge in [-0.2, -0.15) is 0 Å². The molecule has 36 heavy (non-hydrogen) atoms. The summed E-state index contributed by atoms with van der Waals surface area (Å²) in [5.74, 6) is -0.294. The number of carboxylic acid groups (broad SMARTS) is 1. The molecule has 2 aromatic carbocycles. The predicted octanol–water partition coefficient (Wildman–Crippen LogP) is 6.83. The van der Waals surface area contributed by atoms with E-state index in [1.54, 1.807) is 6.07 Å². The summed E-state index contributed by atoms with van der Waals surface area (Å²) >= 11 is 0. The van der Waals surface area contributed by atoms with Gasteiger partial charge in [-0.05, 0) is 55.4 Å². The van der Waals surface area contributed by atoms with Gasteiger partial charge in [-0.1, -0.05) is 57.7 Å². The molecular formula is C29H37NO5S. The summed E-state index contributed by atoms with van der Waals surface area (Å²) in [6, 6.07) is 13.7. The Morgan fingerprint density at radius 1 is 1.11 bits per heavy atom. The molecule has 0 atom stereocenters. The molecule has 0 bridgehead atoms. The smallest absolute Gasteiger partial charge is 0.331 e. The van der Waals surface area contributed by atoms with Gasteiger partial charge < -0.3 is 14.7 Å². The Hall–Kier alpha value is -2.80. The highest BCUT2D eigenvalue weighted by Gasteiger charge is 2.43. The highest BCUT2D eigenvalue weighted by molar-refractivity contribution is 7.91. The second kappa shape index (κ2) is 11.1. The average Bonchev–Trinajstić information content (AvgIpc) is 3.70. The average molecular weight is 512 g/mol. The van der Waals surface area contributed by atoms with Crippen LogP contribution in [0, 0.1) is 5.41 Å². The number of nitrogens with zero attached hydrogens (tertiary/aromatic N) is 1. The third kappa shape index (κ3) is 5.94. The van der Waals surface area contributed by atoms with Gasteiger partial charge in [0.2, 0.25) is 0 Å². The van der Waals surface area contributed by atoms with E-state index in [4.69, 9.17) is 9.84 Å². The van der Waals surface area contributed by atoms with E-state index < -0.39 is 15.8 Å². The van der Waals surface area contributed by atoms with Crippen molar-refractivity contribution in [3.05, 3.63) is 60.4 Å². The van der Waals surface area contributed by atoms with E-state index >= 15 is 0 Å². The van der Waals surface area contributed by atoms with Gasteiger partial charge in [0.25, 0.3) is 0 Å². The van der Waals surface area contributed by atoms with Crippen LogP contribution in [0.2, 0.25) is 0 Å². The number of unbranched alkanes of at least 4 members (excludes halogenated alkanes) is 2. The second-order valence-corrected chi connectivity index (χ2v) is 12.2. The lowest BCUT2D eigenvalue weighted by Crippen LogP contribution is -2.38. The zero-order valence-electron chi connectivity index (χ0n) is 21.3. The molecule has 1 fully saturated rings. The lowest BCUT2D eigenvalue weighted by Gasteiger charge is -2.37. The van der Waals surface area contributed by atoms with Gasteiger partial charge in [-0.3, -0.25) is 0 Å². The van der Waals surface area contributed by atoms with E-state index in [1.807, 2.05) is 36.4 Å². The number of hydrogen-bond donors (Lipinski definition) is 1. The summed E-state index contributed by atoms with van der Waals surface area (Å²) in [5.41, 5.74) is 2.26. The van der Waals surface area contributed by atoms with Crippen molar-refractivity contribution in [1.82, 2.24) is 0 Å². The number of aliphatic carboxylic acids is 1. The van der Waals surface area contributed by atoms with Crippen molar-refractivity contribution >= 4 is 27.2 Å². The first kappa shape index (κ1) is 26.3. The molecule has 1 aliphatic carbocycles. The van der Waals surface area contributed by atoms with E-state index in [0.717, 1.165) is 75.0 Å². The summed E-state index contributed by atoms with van der Waals surface area (Å²) in [6.07, 6.45) is 9.80. The number of para-hydroxylation sites is 1. The van der Waals surface area contributed by atoms with Crippen molar-refractivity contribution in [2.24, 2.45) is 5.41 Å². The largest absolute Gasteiger partial charge is 0.478 e. The first-order valence-corrected chi connectivity index (χ1v) is 14.7. The number of anilines is 2. The van der Waals surface area contributed by atoms with Crippen molar-refractivity contribution in [2.45, 2.75) is 76.0 Å². The molecule has 2 aromatic rings. The summed E-state index contributed by atoms with van der Waals surface area (Å²) in [5, 5.41) is 8.99. The van der Waals surface area contributed by atoms with Crippen molar-refractivity contribution < 1.29 is 23.1 Å². The Labute approximate surface area is 214 Å². The van der Waals surface area contributed by atoms with Crippen LogP contribution >= 0.6 is 0 Å². The number of benzene rings is 2. The number of fused-ring (bicyclic) bond motifs is 1. The molecule has 1 aliphatic heterocycles. The van der Waals surface area contributed by atoms with Gasteiger partial charge in [0.15, 0.2) is 9.84 Å². The lowest BCUT2D eigenvalue weighted by atomic mass is 9.79. The van der Waals surface area contributed by atoms with Crippen LogP contribution in [-0.4, -0.2) is 31.8 Å². The first-order valence-electron chi connectivity index (χ1n) is 13.1. The minimum absolute atomic E-state index is 0.101. The van der Waals surface area contributed by atoms with Crippen LogP contribution in [-0.2, 0) is 14.6 Å². The van der Waals surface area contributed by atoms with Crippen LogP contribution < -0.4 is 9.64 Å². The zero-order chi connectivity index (χ0) is 25.8. The normalized spacial score (nSPS) is 18.6. The number of hydrogen-bond acceptors (Lipinski definition) is 5. The lowest BCUT2D eigenvalue weighted by molar-refractivity contribution is -0.131. The first-order chi connectivity index (χ1) is 17.3. The van der Waals surface area contributed by atoms with Crippen LogP contribution in [0.25, 0.3) is 0 Å². The number of ether oxygens (including phenoxy) is 1. The minimum Gasteiger partial charge on any atom is -0.478 e. The number of sulfone groups is 1. The van der Waals surface area contributed by atoms with Crippen molar-refractivity contribution in [3.8, 4) is 5.75 Å². The fourth-order valence-electron chi connectivity index (χ4n) is 5.32. The Morgan fingerprint density at radius 2 is 1.78 bits per heavy atom. The highest BCUT2D eigenvalue weighted by atomic mass is 32.2. The monoisotopic (exact) mass is 511 g/mol. The molecule has 0 radical (unpaired) electrons. The zero-order valence-corrected chi connectivity index (χ0v) is 22.1. The third-order valence-electron chi connectivity index (χ3n) is 7.32. The topological polar surface area (TPSA) is 83.9 Å². The van der Waals surface area contributed by atoms with Crippen molar-refractivity contribution in [3.63, 3.8) is 0 Å². The number of carbonyl (C=O) groups is 1. The van der Waals surface area contributed by atoms with E-state index in [0.29, 0.717) is 18.0 Å². The van der Waals surface area contributed by atoms with Crippen LogP contribution in [0.4, 0.5) is 11.4 Å². The quantitative estimate of drug-likeness (QED) is 0.263. The Kier molecular flexibility index (Phi) is 8.08. The van der Waals surface area contributed by atoms with Crippen LogP contribution in [0.15, 0.2) is 59.7 Å². The second-order valence-electron chi connectivity index (χ2n) is 10.3. The minimum atomic E-state index is -3.64. The summed E-state index contributed by atoms with van der Waals surface area (Å²) in [6.45, 7) is 4.95. The van der Waals surface area contributed by atoms with Crippen LogP contribution in [0.3, 0.4) is 0 Å².